The van der Waals surface area contributed by atoms with E-state index in [-0.39, 0.29) is 23.9 Å². The normalized spacial score (nSPS) is 10.5. The molecule has 0 unspecified atom stereocenters. The first-order chi connectivity index (χ1) is 11.4. The van der Waals surface area contributed by atoms with E-state index >= 15 is 0 Å². The lowest BCUT2D eigenvalue weighted by Gasteiger charge is -2.14. The van der Waals surface area contributed by atoms with Gasteiger partial charge < -0.3 is 10.1 Å². The molecule has 0 saturated heterocycles. The molecule has 0 bridgehead atoms. The predicted octanol–water partition coefficient (Wildman–Crippen LogP) is 4.04. The second-order valence-electron chi connectivity index (χ2n) is 5.81. The molecule has 24 heavy (non-hydrogen) atoms. The number of carbonyl (C=O) groups is 1. The minimum Gasteiger partial charge on any atom is -0.483 e. The fraction of sp³-hybridized carbons (Fsp3) is 0.278. The highest BCUT2D eigenvalue weighted by atomic mass is 16.6. The molecule has 1 amide bonds. The number of para-hydroxylation sites is 2. The number of aryl methyl sites for hydroxylation is 1. The summed E-state index contributed by atoms with van der Waals surface area (Å²) in [5.41, 5.74) is 2.06. The van der Waals surface area contributed by atoms with Crippen LogP contribution in [-0.4, -0.2) is 17.4 Å². The van der Waals surface area contributed by atoms with Crippen molar-refractivity contribution in [1.82, 2.24) is 0 Å². The largest absolute Gasteiger partial charge is 0.483 e. The SMILES string of the molecule is Cc1ccc(C(C)C)c(OCC(=O)Nc2ccccc2[N+](=O)[O-])c1. The van der Waals surface area contributed by atoms with Crippen LogP contribution in [0, 0.1) is 17.0 Å². The molecular formula is C18H20N2O4. The standard InChI is InChI=1S/C18H20N2O4/c1-12(2)14-9-8-13(3)10-17(14)24-11-18(21)19-15-6-4-5-7-16(15)20(22)23/h4-10,12H,11H2,1-3H3,(H,19,21). The zero-order valence-electron chi connectivity index (χ0n) is 13.9. The molecule has 2 aromatic rings. The van der Waals surface area contributed by atoms with Crippen LogP contribution < -0.4 is 10.1 Å². The van der Waals surface area contributed by atoms with Gasteiger partial charge in [0.25, 0.3) is 11.6 Å². The molecule has 0 radical (unpaired) electrons. The van der Waals surface area contributed by atoms with Gasteiger partial charge in [0.15, 0.2) is 6.61 Å². The third-order valence-corrected chi connectivity index (χ3v) is 3.52. The molecule has 0 heterocycles. The van der Waals surface area contributed by atoms with Crippen LogP contribution in [-0.2, 0) is 4.79 Å². The van der Waals surface area contributed by atoms with Gasteiger partial charge in [-0.25, -0.2) is 0 Å². The number of rotatable bonds is 6. The van der Waals surface area contributed by atoms with Gasteiger partial charge in [0.05, 0.1) is 4.92 Å². The third-order valence-electron chi connectivity index (χ3n) is 3.52. The number of nitrogens with one attached hydrogen (secondary N) is 1. The Hall–Kier alpha value is -2.89. The van der Waals surface area contributed by atoms with Gasteiger partial charge in [-0.15, -0.1) is 0 Å². The molecule has 0 fully saturated rings. The van der Waals surface area contributed by atoms with E-state index in [1.165, 1.54) is 12.1 Å². The Morgan fingerprint density at radius 3 is 2.62 bits per heavy atom. The van der Waals surface area contributed by atoms with Gasteiger partial charge in [-0.3, -0.25) is 14.9 Å². The van der Waals surface area contributed by atoms with E-state index in [1.54, 1.807) is 12.1 Å². The predicted molar refractivity (Wildman–Crippen MR) is 92.5 cm³/mol. The summed E-state index contributed by atoms with van der Waals surface area (Å²) in [6, 6.07) is 11.9. The Kier molecular flexibility index (Phi) is 5.52. The third kappa shape index (κ3) is 4.32. The highest BCUT2D eigenvalue weighted by Crippen LogP contribution is 2.28. The zero-order chi connectivity index (χ0) is 17.7. The zero-order valence-corrected chi connectivity index (χ0v) is 13.9. The molecule has 1 N–H and O–H groups in total. The molecule has 0 aromatic heterocycles. The number of nitrogens with zero attached hydrogens (tertiary/aromatic N) is 1. The lowest BCUT2D eigenvalue weighted by molar-refractivity contribution is -0.383. The Morgan fingerprint density at radius 2 is 1.96 bits per heavy atom. The summed E-state index contributed by atoms with van der Waals surface area (Å²) in [5.74, 6) is 0.474. The number of hydrogen-bond donors (Lipinski definition) is 1. The van der Waals surface area contributed by atoms with Crippen molar-refractivity contribution in [3.63, 3.8) is 0 Å². The van der Waals surface area contributed by atoms with Crippen LogP contribution in [0.2, 0.25) is 0 Å². The van der Waals surface area contributed by atoms with Gasteiger partial charge in [-0.05, 0) is 36.1 Å². The first kappa shape index (κ1) is 17.5. The smallest absolute Gasteiger partial charge is 0.292 e. The fourth-order valence-electron chi connectivity index (χ4n) is 2.31. The van der Waals surface area contributed by atoms with E-state index in [4.69, 9.17) is 4.74 Å². The van der Waals surface area contributed by atoms with Crippen molar-refractivity contribution in [3.8, 4) is 5.75 Å². The van der Waals surface area contributed by atoms with Crippen LogP contribution in [0.4, 0.5) is 11.4 Å². The summed E-state index contributed by atoms with van der Waals surface area (Å²) in [4.78, 5) is 22.5. The van der Waals surface area contributed by atoms with Crippen LogP contribution >= 0.6 is 0 Å². The molecule has 2 rings (SSSR count). The van der Waals surface area contributed by atoms with Crippen molar-refractivity contribution in [2.24, 2.45) is 0 Å². The molecule has 0 spiro atoms. The molecule has 2 aromatic carbocycles. The van der Waals surface area contributed by atoms with Crippen LogP contribution in [0.5, 0.6) is 5.75 Å². The van der Waals surface area contributed by atoms with Gasteiger partial charge >= 0.3 is 0 Å². The number of hydrogen-bond acceptors (Lipinski definition) is 4. The average molecular weight is 328 g/mol. The minimum absolute atomic E-state index is 0.149. The number of nitro groups is 1. The Labute approximate surface area is 140 Å². The van der Waals surface area contributed by atoms with E-state index in [9.17, 15) is 14.9 Å². The van der Waals surface area contributed by atoms with Gasteiger partial charge in [0.2, 0.25) is 0 Å². The molecule has 0 aliphatic heterocycles. The highest BCUT2D eigenvalue weighted by Gasteiger charge is 2.16. The maximum atomic E-state index is 12.1. The Bertz CT molecular complexity index is 756. The summed E-state index contributed by atoms with van der Waals surface area (Å²) < 4.78 is 5.63. The number of anilines is 1. The molecular weight excluding hydrogens is 308 g/mol. The molecule has 126 valence electrons. The van der Waals surface area contributed by atoms with E-state index in [0.717, 1.165) is 11.1 Å². The summed E-state index contributed by atoms with van der Waals surface area (Å²) in [5, 5.41) is 13.5. The lowest BCUT2D eigenvalue weighted by Crippen LogP contribution is -2.21. The molecule has 6 nitrogen and oxygen atoms in total. The van der Waals surface area contributed by atoms with E-state index in [0.29, 0.717) is 5.75 Å². The summed E-state index contributed by atoms with van der Waals surface area (Å²) in [6.07, 6.45) is 0. The van der Waals surface area contributed by atoms with Crippen molar-refractivity contribution in [1.29, 1.82) is 0 Å². The number of carbonyl (C=O) groups excluding carboxylic acids is 1. The Morgan fingerprint density at radius 1 is 1.25 bits per heavy atom. The van der Waals surface area contributed by atoms with Crippen molar-refractivity contribution in [2.45, 2.75) is 26.7 Å². The van der Waals surface area contributed by atoms with Crippen molar-refractivity contribution in [3.05, 3.63) is 63.7 Å². The molecule has 0 aliphatic carbocycles. The van der Waals surface area contributed by atoms with Crippen LogP contribution in [0.15, 0.2) is 42.5 Å². The fourth-order valence-corrected chi connectivity index (χ4v) is 2.31. The quantitative estimate of drug-likeness (QED) is 0.641. The monoisotopic (exact) mass is 328 g/mol. The number of ether oxygens (including phenoxy) is 1. The minimum atomic E-state index is -0.534. The Balaban J connectivity index is 2.07. The van der Waals surface area contributed by atoms with Crippen molar-refractivity contribution < 1.29 is 14.5 Å². The molecule has 0 aliphatic rings. The summed E-state index contributed by atoms with van der Waals surface area (Å²) in [6.45, 7) is 5.83. The maximum Gasteiger partial charge on any atom is 0.292 e. The topological polar surface area (TPSA) is 81.5 Å². The number of nitro benzene ring substituents is 1. The van der Waals surface area contributed by atoms with Crippen molar-refractivity contribution in [2.75, 3.05) is 11.9 Å². The summed E-state index contributed by atoms with van der Waals surface area (Å²) >= 11 is 0. The van der Waals surface area contributed by atoms with E-state index < -0.39 is 10.8 Å². The highest BCUT2D eigenvalue weighted by molar-refractivity contribution is 5.94. The van der Waals surface area contributed by atoms with E-state index in [2.05, 4.69) is 5.32 Å². The van der Waals surface area contributed by atoms with Gasteiger partial charge in [-0.2, -0.15) is 0 Å². The first-order valence-corrected chi connectivity index (χ1v) is 7.65. The lowest BCUT2D eigenvalue weighted by atomic mass is 10.0. The second-order valence-corrected chi connectivity index (χ2v) is 5.81. The molecule has 0 saturated carbocycles. The maximum absolute atomic E-state index is 12.1. The van der Waals surface area contributed by atoms with Gasteiger partial charge in [-0.1, -0.05) is 38.1 Å². The van der Waals surface area contributed by atoms with Crippen LogP contribution in [0.25, 0.3) is 0 Å². The average Bonchev–Trinajstić information content (AvgIpc) is 2.53. The molecule has 0 atom stereocenters. The van der Waals surface area contributed by atoms with E-state index in [1.807, 2.05) is 39.0 Å². The summed E-state index contributed by atoms with van der Waals surface area (Å²) in [7, 11) is 0. The number of amides is 1. The van der Waals surface area contributed by atoms with Gasteiger partial charge in [0.1, 0.15) is 11.4 Å². The second kappa shape index (κ2) is 7.59. The first-order valence-electron chi connectivity index (χ1n) is 7.65. The number of benzene rings is 2. The molecule has 6 heteroatoms. The van der Waals surface area contributed by atoms with Crippen LogP contribution in [0.3, 0.4) is 0 Å². The van der Waals surface area contributed by atoms with Crippen molar-refractivity contribution >= 4 is 17.3 Å². The van der Waals surface area contributed by atoms with Crippen LogP contribution in [0.1, 0.15) is 30.9 Å². The van der Waals surface area contributed by atoms with Gasteiger partial charge in [0, 0.05) is 6.07 Å².